The van der Waals surface area contributed by atoms with Gasteiger partial charge in [-0.2, -0.15) is 0 Å². The number of aliphatic carboxylic acids is 1. The first-order valence-corrected chi connectivity index (χ1v) is 5.20. The minimum absolute atomic E-state index is 0.168. The zero-order chi connectivity index (χ0) is 12.0. The summed E-state index contributed by atoms with van der Waals surface area (Å²) in [5.74, 6) is -1.11. The van der Waals surface area contributed by atoms with E-state index in [0.29, 0.717) is 19.4 Å². The Hall–Kier alpha value is -1.75. The van der Waals surface area contributed by atoms with E-state index in [1.807, 2.05) is 0 Å². The number of rotatable bonds is 5. The second-order valence-corrected chi connectivity index (χ2v) is 3.64. The SMILES string of the molecule is [N-]=[N+]=NCCCC(=O)N1CCCC1C(=O)O. The lowest BCUT2D eigenvalue weighted by Crippen LogP contribution is -2.40. The normalized spacial score (nSPS) is 19.2. The standard InChI is InChI=1S/C9H14N4O3/c10-12-11-5-1-4-8(14)13-6-2-3-7(13)9(15)16/h7H,1-6H2,(H,15,16). The molecule has 0 saturated carbocycles. The fraction of sp³-hybridized carbons (Fsp3) is 0.778. The van der Waals surface area contributed by atoms with Crippen molar-refractivity contribution in [2.75, 3.05) is 13.1 Å². The van der Waals surface area contributed by atoms with Crippen molar-refractivity contribution in [2.45, 2.75) is 31.7 Å². The number of azide groups is 1. The summed E-state index contributed by atoms with van der Waals surface area (Å²) < 4.78 is 0. The second-order valence-electron chi connectivity index (χ2n) is 3.64. The Morgan fingerprint density at radius 3 is 2.94 bits per heavy atom. The summed E-state index contributed by atoms with van der Waals surface area (Å²) in [6, 6.07) is -0.674. The van der Waals surface area contributed by atoms with Gasteiger partial charge in [0.1, 0.15) is 6.04 Å². The highest BCUT2D eigenvalue weighted by Gasteiger charge is 2.33. The number of hydrogen-bond acceptors (Lipinski definition) is 3. The molecule has 1 heterocycles. The zero-order valence-electron chi connectivity index (χ0n) is 8.87. The quantitative estimate of drug-likeness (QED) is 0.329. The van der Waals surface area contributed by atoms with Gasteiger partial charge < -0.3 is 10.0 Å². The van der Waals surface area contributed by atoms with Crippen LogP contribution < -0.4 is 0 Å². The molecular formula is C9H14N4O3. The fourth-order valence-corrected chi connectivity index (χ4v) is 1.81. The monoisotopic (exact) mass is 226 g/mol. The van der Waals surface area contributed by atoms with Crippen molar-refractivity contribution in [3.8, 4) is 0 Å². The molecule has 0 bridgehead atoms. The first kappa shape index (κ1) is 12.3. The van der Waals surface area contributed by atoms with Crippen molar-refractivity contribution in [1.82, 2.24) is 4.90 Å². The molecule has 0 spiro atoms. The molecule has 1 fully saturated rings. The molecule has 1 amide bonds. The van der Waals surface area contributed by atoms with Crippen molar-refractivity contribution in [3.63, 3.8) is 0 Å². The van der Waals surface area contributed by atoms with E-state index in [1.165, 1.54) is 4.90 Å². The van der Waals surface area contributed by atoms with Crippen LogP contribution in [0.15, 0.2) is 5.11 Å². The van der Waals surface area contributed by atoms with Gasteiger partial charge in [0.05, 0.1) is 0 Å². The third-order valence-electron chi connectivity index (χ3n) is 2.57. The van der Waals surface area contributed by atoms with Crippen LogP contribution >= 0.6 is 0 Å². The molecule has 1 unspecified atom stereocenters. The van der Waals surface area contributed by atoms with Crippen LogP contribution in [0, 0.1) is 0 Å². The maximum absolute atomic E-state index is 11.7. The van der Waals surface area contributed by atoms with E-state index in [4.69, 9.17) is 10.6 Å². The van der Waals surface area contributed by atoms with Crippen molar-refractivity contribution in [2.24, 2.45) is 5.11 Å². The van der Waals surface area contributed by atoms with E-state index in [9.17, 15) is 9.59 Å². The van der Waals surface area contributed by atoms with E-state index < -0.39 is 12.0 Å². The molecule has 1 aliphatic rings. The molecule has 0 aromatic carbocycles. The second kappa shape index (κ2) is 5.97. The van der Waals surface area contributed by atoms with Crippen molar-refractivity contribution in [3.05, 3.63) is 10.4 Å². The smallest absolute Gasteiger partial charge is 0.326 e. The van der Waals surface area contributed by atoms with Crippen molar-refractivity contribution < 1.29 is 14.7 Å². The Morgan fingerprint density at radius 2 is 2.31 bits per heavy atom. The van der Waals surface area contributed by atoms with Gasteiger partial charge in [0.25, 0.3) is 0 Å². The predicted molar refractivity (Wildman–Crippen MR) is 55.6 cm³/mol. The molecule has 0 radical (unpaired) electrons. The molecule has 1 rings (SSSR count). The number of amides is 1. The van der Waals surface area contributed by atoms with Crippen LogP contribution in [0.1, 0.15) is 25.7 Å². The fourth-order valence-electron chi connectivity index (χ4n) is 1.81. The Morgan fingerprint density at radius 1 is 1.56 bits per heavy atom. The average molecular weight is 226 g/mol. The van der Waals surface area contributed by atoms with Gasteiger partial charge >= 0.3 is 5.97 Å². The van der Waals surface area contributed by atoms with Crippen LogP contribution in [-0.4, -0.2) is 41.0 Å². The topological polar surface area (TPSA) is 106 Å². The third-order valence-corrected chi connectivity index (χ3v) is 2.57. The predicted octanol–water partition coefficient (Wildman–Crippen LogP) is 1.15. The van der Waals surface area contributed by atoms with Gasteiger partial charge in [-0.25, -0.2) is 4.79 Å². The molecular weight excluding hydrogens is 212 g/mol. The summed E-state index contributed by atoms with van der Waals surface area (Å²) in [5, 5.41) is 12.2. The minimum atomic E-state index is -0.944. The Kier molecular flexibility index (Phi) is 4.60. The molecule has 1 saturated heterocycles. The summed E-state index contributed by atoms with van der Waals surface area (Å²) in [5.41, 5.74) is 8.04. The molecule has 1 aliphatic heterocycles. The molecule has 7 nitrogen and oxygen atoms in total. The van der Waals surface area contributed by atoms with E-state index in [-0.39, 0.29) is 18.9 Å². The Bertz CT molecular complexity index is 325. The lowest BCUT2D eigenvalue weighted by Gasteiger charge is -2.21. The zero-order valence-corrected chi connectivity index (χ0v) is 8.87. The lowest BCUT2D eigenvalue weighted by atomic mass is 10.2. The number of carbonyl (C=O) groups excluding carboxylic acids is 1. The van der Waals surface area contributed by atoms with E-state index in [0.717, 1.165) is 6.42 Å². The van der Waals surface area contributed by atoms with Crippen LogP contribution in [0.5, 0.6) is 0 Å². The minimum Gasteiger partial charge on any atom is -0.480 e. The Labute approximate surface area is 92.7 Å². The molecule has 88 valence electrons. The molecule has 1 atom stereocenters. The van der Waals surface area contributed by atoms with E-state index >= 15 is 0 Å². The maximum Gasteiger partial charge on any atom is 0.326 e. The van der Waals surface area contributed by atoms with Gasteiger partial charge in [-0.05, 0) is 24.8 Å². The highest BCUT2D eigenvalue weighted by molar-refractivity contribution is 5.84. The van der Waals surface area contributed by atoms with Gasteiger partial charge in [-0.15, -0.1) is 0 Å². The van der Waals surface area contributed by atoms with Crippen LogP contribution in [0.4, 0.5) is 0 Å². The van der Waals surface area contributed by atoms with Crippen molar-refractivity contribution >= 4 is 11.9 Å². The molecule has 0 aromatic rings. The number of nitrogens with zero attached hydrogens (tertiary/aromatic N) is 4. The molecule has 0 aliphatic carbocycles. The van der Waals surface area contributed by atoms with Gasteiger partial charge in [0.15, 0.2) is 0 Å². The number of likely N-dealkylation sites (tertiary alicyclic amines) is 1. The van der Waals surface area contributed by atoms with Crippen molar-refractivity contribution in [1.29, 1.82) is 0 Å². The molecule has 7 heteroatoms. The largest absolute Gasteiger partial charge is 0.480 e. The maximum atomic E-state index is 11.7. The molecule has 0 aromatic heterocycles. The third kappa shape index (κ3) is 3.13. The number of carbonyl (C=O) groups is 2. The first-order chi connectivity index (χ1) is 7.66. The average Bonchev–Trinajstić information content (AvgIpc) is 2.73. The number of hydrogen-bond donors (Lipinski definition) is 1. The summed E-state index contributed by atoms with van der Waals surface area (Å²) >= 11 is 0. The van der Waals surface area contributed by atoms with Crippen LogP contribution in [0.25, 0.3) is 10.4 Å². The Balaban J connectivity index is 2.40. The van der Waals surface area contributed by atoms with Gasteiger partial charge in [-0.3, -0.25) is 4.79 Å². The molecule has 16 heavy (non-hydrogen) atoms. The highest BCUT2D eigenvalue weighted by atomic mass is 16.4. The van der Waals surface area contributed by atoms with E-state index in [1.54, 1.807) is 0 Å². The number of carboxylic acid groups (broad SMARTS) is 1. The summed E-state index contributed by atoms with van der Waals surface area (Å²) in [6.45, 7) is 0.783. The summed E-state index contributed by atoms with van der Waals surface area (Å²) in [6.07, 6.45) is 1.96. The first-order valence-electron chi connectivity index (χ1n) is 5.20. The van der Waals surface area contributed by atoms with Gasteiger partial charge in [0.2, 0.25) is 5.91 Å². The van der Waals surface area contributed by atoms with E-state index in [2.05, 4.69) is 10.0 Å². The van der Waals surface area contributed by atoms with Crippen LogP contribution in [-0.2, 0) is 9.59 Å². The van der Waals surface area contributed by atoms with Gasteiger partial charge in [0, 0.05) is 24.4 Å². The number of carboxylic acids is 1. The highest BCUT2D eigenvalue weighted by Crippen LogP contribution is 2.18. The lowest BCUT2D eigenvalue weighted by molar-refractivity contribution is -0.148. The van der Waals surface area contributed by atoms with Gasteiger partial charge in [-0.1, -0.05) is 5.11 Å². The molecule has 1 N–H and O–H groups in total. The summed E-state index contributed by atoms with van der Waals surface area (Å²) in [7, 11) is 0. The summed E-state index contributed by atoms with van der Waals surface area (Å²) in [4.78, 5) is 26.5. The van der Waals surface area contributed by atoms with Crippen LogP contribution in [0.2, 0.25) is 0 Å². The van der Waals surface area contributed by atoms with Crippen LogP contribution in [0.3, 0.4) is 0 Å².